The summed E-state index contributed by atoms with van der Waals surface area (Å²) in [4.78, 5) is 20.6. The van der Waals surface area contributed by atoms with Gasteiger partial charge in [-0.05, 0) is 24.3 Å². The Morgan fingerprint density at radius 2 is 1.88 bits per heavy atom. The zero-order chi connectivity index (χ0) is 27.7. The second-order valence-corrected chi connectivity index (χ2v) is 11.8. The van der Waals surface area contributed by atoms with Gasteiger partial charge in [-0.1, -0.05) is 49.4 Å². The van der Waals surface area contributed by atoms with Crippen LogP contribution in [0.3, 0.4) is 0 Å². The number of carbonyl (C=O) groups is 1. The molecule has 2 amide bonds. The molecule has 0 spiro atoms. The maximum Gasteiger partial charge on any atom is 0.324 e. The quantitative estimate of drug-likeness (QED) is 0.257. The maximum absolute atomic E-state index is 12.4. The second-order valence-electron chi connectivity index (χ2n) is 10.8. The van der Waals surface area contributed by atoms with Crippen molar-refractivity contribution in [3.8, 4) is 17.0 Å². The summed E-state index contributed by atoms with van der Waals surface area (Å²) in [5.41, 5.74) is 3.36. The van der Waals surface area contributed by atoms with Crippen LogP contribution in [0.2, 0.25) is 0 Å². The molecule has 0 atom stereocenters. The van der Waals surface area contributed by atoms with E-state index in [-0.39, 0.29) is 5.41 Å². The number of hydrogen-bond donors (Lipinski definition) is 2. The molecule has 1 aliphatic heterocycles. The van der Waals surface area contributed by atoms with Gasteiger partial charge in [0.25, 0.3) is 0 Å². The van der Waals surface area contributed by atoms with E-state index in [0.717, 1.165) is 65.0 Å². The summed E-state index contributed by atoms with van der Waals surface area (Å²) in [5.74, 6) is 1.92. The van der Waals surface area contributed by atoms with Crippen LogP contribution in [0.15, 0.2) is 59.3 Å². The van der Waals surface area contributed by atoms with Crippen molar-refractivity contribution in [2.24, 2.45) is 0 Å². The van der Waals surface area contributed by atoms with Crippen molar-refractivity contribution >= 4 is 44.1 Å². The van der Waals surface area contributed by atoms with E-state index in [9.17, 15) is 4.79 Å². The zero-order valence-electron chi connectivity index (χ0n) is 22.8. The number of anilines is 2. The van der Waals surface area contributed by atoms with Gasteiger partial charge in [0, 0.05) is 54.6 Å². The molecule has 0 aliphatic carbocycles. The van der Waals surface area contributed by atoms with Crippen molar-refractivity contribution in [3.05, 3.63) is 60.5 Å². The van der Waals surface area contributed by atoms with Crippen LogP contribution in [0.25, 0.3) is 26.4 Å². The Hall–Kier alpha value is -3.93. The molecule has 0 bridgehead atoms. The van der Waals surface area contributed by atoms with E-state index in [2.05, 4.69) is 37.2 Å². The van der Waals surface area contributed by atoms with Crippen molar-refractivity contribution in [1.29, 1.82) is 0 Å². The van der Waals surface area contributed by atoms with Crippen molar-refractivity contribution in [1.82, 2.24) is 19.4 Å². The van der Waals surface area contributed by atoms with Gasteiger partial charge in [-0.2, -0.15) is 0 Å². The molecule has 1 saturated heterocycles. The smallest absolute Gasteiger partial charge is 0.324 e. The molecule has 208 valence electrons. The summed E-state index contributed by atoms with van der Waals surface area (Å²) in [6, 6.07) is 15.1. The van der Waals surface area contributed by atoms with E-state index in [1.165, 1.54) is 0 Å². The number of hydrogen-bond acceptors (Lipinski definition) is 8. The Bertz CT molecular complexity index is 1630. The number of aromatic nitrogens is 3. The molecule has 1 aliphatic rings. The number of rotatable bonds is 7. The molecule has 5 aromatic rings. The maximum atomic E-state index is 12.4. The van der Waals surface area contributed by atoms with Crippen molar-refractivity contribution in [2.75, 3.05) is 50.1 Å². The zero-order valence-corrected chi connectivity index (χ0v) is 23.6. The predicted octanol–water partition coefficient (Wildman–Crippen LogP) is 5.86. The third-order valence-corrected chi connectivity index (χ3v) is 7.81. The number of carbonyl (C=O) groups excluding carboxylic acids is 1. The first-order valence-corrected chi connectivity index (χ1v) is 14.1. The van der Waals surface area contributed by atoms with Gasteiger partial charge in [-0.3, -0.25) is 14.6 Å². The molecule has 3 aromatic heterocycles. The molecule has 40 heavy (non-hydrogen) atoms. The summed E-state index contributed by atoms with van der Waals surface area (Å²) < 4.78 is 20.1. The number of amides is 2. The lowest BCUT2D eigenvalue weighted by Gasteiger charge is -2.26. The van der Waals surface area contributed by atoms with E-state index in [1.54, 1.807) is 17.4 Å². The third kappa shape index (κ3) is 5.81. The molecular formula is C29H32N6O4S. The number of morpholine rings is 1. The molecule has 11 heteroatoms. The van der Waals surface area contributed by atoms with Crippen LogP contribution < -0.4 is 15.4 Å². The topological polar surface area (TPSA) is 106 Å². The first-order chi connectivity index (χ1) is 19.3. The van der Waals surface area contributed by atoms with Crippen molar-refractivity contribution in [2.45, 2.75) is 26.2 Å². The number of benzene rings is 2. The summed E-state index contributed by atoms with van der Waals surface area (Å²) in [6.45, 7) is 11.1. The minimum Gasteiger partial charge on any atom is -0.492 e. The average Bonchev–Trinajstić information content (AvgIpc) is 3.65. The molecule has 2 N–H and O–H groups in total. The summed E-state index contributed by atoms with van der Waals surface area (Å²) in [6.07, 6.45) is 2.04. The SMILES string of the molecule is CC(C)(C)c1cc(NC(=O)Nc2ccc(-c3cn4c(n3)sc3ccc(OCCN5CCOCC5)cc34)cc2)no1. The van der Waals surface area contributed by atoms with Crippen LogP contribution in [-0.2, 0) is 10.2 Å². The fraction of sp³-hybridized carbons (Fsp3) is 0.345. The summed E-state index contributed by atoms with van der Waals surface area (Å²) >= 11 is 1.64. The van der Waals surface area contributed by atoms with Gasteiger partial charge in [0.1, 0.15) is 18.1 Å². The molecule has 0 radical (unpaired) electrons. The molecular weight excluding hydrogens is 528 g/mol. The highest BCUT2D eigenvalue weighted by Crippen LogP contribution is 2.32. The van der Waals surface area contributed by atoms with Crippen LogP contribution in [0.5, 0.6) is 5.75 Å². The highest BCUT2D eigenvalue weighted by Gasteiger charge is 2.20. The Kier molecular flexibility index (Phi) is 7.18. The van der Waals surface area contributed by atoms with Crippen LogP contribution in [0.1, 0.15) is 26.5 Å². The minimum atomic E-state index is -0.390. The highest BCUT2D eigenvalue weighted by molar-refractivity contribution is 7.23. The lowest BCUT2D eigenvalue weighted by molar-refractivity contribution is 0.0322. The van der Waals surface area contributed by atoms with E-state index in [1.807, 2.05) is 57.3 Å². The molecule has 6 rings (SSSR count). The molecule has 2 aromatic carbocycles. The fourth-order valence-corrected chi connectivity index (χ4v) is 5.50. The normalized spacial score (nSPS) is 14.6. The first kappa shape index (κ1) is 26.3. The third-order valence-electron chi connectivity index (χ3n) is 6.77. The number of urea groups is 1. The summed E-state index contributed by atoms with van der Waals surface area (Å²) in [5, 5.41) is 9.46. The number of nitrogens with one attached hydrogen (secondary N) is 2. The van der Waals surface area contributed by atoms with Gasteiger partial charge < -0.3 is 19.3 Å². The Morgan fingerprint density at radius 3 is 2.62 bits per heavy atom. The van der Waals surface area contributed by atoms with Gasteiger partial charge in [-0.15, -0.1) is 0 Å². The van der Waals surface area contributed by atoms with E-state index in [4.69, 9.17) is 19.0 Å². The number of fused-ring (bicyclic) bond motifs is 3. The lowest BCUT2D eigenvalue weighted by Crippen LogP contribution is -2.38. The van der Waals surface area contributed by atoms with E-state index >= 15 is 0 Å². The number of thiazole rings is 1. The van der Waals surface area contributed by atoms with E-state index < -0.39 is 6.03 Å². The van der Waals surface area contributed by atoms with Crippen LogP contribution >= 0.6 is 11.3 Å². The van der Waals surface area contributed by atoms with Gasteiger partial charge in [-0.25, -0.2) is 9.78 Å². The van der Waals surface area contributed by atoms with Crippen molar-refractivity contribution < 1.29 is 18.8 Å². The Balaban J connectivity index is 1.10. The monoisotopic (exact) mass is 560 g/mol. The van der Waals surface area contributed by atoms with Crippen LogP contribution in [0.4, 0.5) is 16.3 Å². The van der Waals surface area contributed by atoms with Crippen LogP contribution in [0, 0.1) is 0 Å². The Morgan fingerprint density at radius 1 is 1.07 bits per heavy atom. The summed E-state index contributed by atoms with van der Waals surface area (Å²) in [7, 11) is 0. The molecule has 4 heterocycles. The standard InChI is InChI=1S/C29H32N6O4S/c1-29(2,3)25-17-26(33-39-25)32-27(36)30-20-6-4-19(5-7-20)22-18-35-23-16-21(8-9-24(23)40-28(35)31-22)38-15-12-34-10-13-37-14-11-34/h4-9,16-18H,10-15H2,1-3H3,(H2,30,32,33,36). The predicted molar refractivity (Wildman–Crippen MR) is 157 cm³/mol. The van der Waals surface area contributed by atoms with E-state index in [0.29, 0.717) is 23.9 Å². The van der Waals surface area contributed by atoms with Gasteiger partial charge in [0.2, 0.25) is 0 Å². The largest absolute Gasteiger partial charge is 0.492 e. The van der Waals surface area contributed by atoms with Gasteiger partial charge in [0.05, 0.1) is 29.1 Å². The van der Waals surface area contributed by atoms with Crippen LogP contribution in [-0.4, -0.2) is 64.9 Å². The second kappa shape index (κ2) is 10.9. The number of ether oxygens (including phenoxy) is 2. The molecule has 10 nitrogen and oxygen atoms in total. The number of nitrogens with zero attached hydrogens (tertiary/aromatic N) is 4. The Labute approximate surface area is 235 Å². The fourth-order valence-electron chi connectivity index (χ4n) is 4.51. The van der Waals surface area contributed by atoms with Crippen molar-refractivity contribution in [3.63, 3.8) is 0 Å². The average molecular weight is 561 g/mol. The lowest BCUT2D eigenvalue weighted by atomic mass is 9.93. The molecule has 0 unspecified atom stereocenters. The highest BCUT2D eigenvalue weighted by atomic mass is 32.1. The first-order valence-electron chi connectivity index (χ1n) is 13.3. The van der Waals surface area contributed by atoms with Gasteiger partial charge >= 0.3 is 6.03 Å². The minimum absolute atomic E-state index is 0.188. The number of imidazole rings is 1. The molecule has 0 saturated carbocycles. The van der Waals surface area contributed by atoms with Gasteiger partial charge in [0.15, 0.2) is 10.8 Å². The molecule has 1 fully saturated rings.